The summed E-state index contributed by atoms with van der Waals surface area (Å²) >= 11 is 1.39. The average Bonchev–Trinajstić information content (AvgIpc) is 3.22. The molecule has 0 saturated carbocycles. The van der Waals surface area contributed by atoms with E-state index in [4.69, 9.17) is 0 Å². The molecule has 0 saturated heterocycles. The molecule has 7 heteroatoms. The van der Waals surface area contributed by atoms with Gasteiger partial charge in [-0.2, -0.15) is 5.10 Å². The third-order valence-electron chi connectivity index (χ3n) is 4.15. The predicted molar refractivity (Wildman–Crippen MR) is 111 cm³/mol. The molecule has 0 aliphatic rings. The molecule has 0 fully saturated rings. The number of rotatable bonds is 5. The standard InChI is InChI=1S/C21H16N4O2S/c26-18(13-25-14-22-20-17(21(25)27)11-12-28-20)23-24-19(15-7-3-1-4-8-15)16-9-5-2-6-10-16/h1-12,14H,13H2,(H,23,26). The number of carbonyl (C=O) groups is 1. The largest absolute Gasteiger partial charge is 0.289 e. The first kappa shape index (κ1) is 17.8. The number of hydrogen-bond acceptors (Lipinski definition) is 5. The van der Waals surface area contributed by atoms with Gasteiger partial charge in [-0.25, -0.2) is 10.4 Å². The van der Waals surface area contributed by atoms with Crippen LogP contribution in [0.25, 0.3) is 10.2 Å². The first-order chi connectivity index (χ1) is 13.7. The van der Waals surface area contributed by atoms with Crippen molar-refractivity contribution in [2.24, 2.45) is 5.10 Å². The normalized spacial score (nSPS) is 10.6. The van der Waals surface area contributed by atoms with Crippen molar-refractivity contribution in [1.82, 2.24) is 15.0 Å². The molecule has 0 radical (unpaired) electrons. The number of hydrazone groups is 1. The molecule has 0 atom stereocenters. The van der Waals surface area contributed by atoms with Crippen molar-refractivity contribution in [1.29, 1.82) is 0 Å². The van der Waals surface area contributed by atoms with E-state index in [1.165, 1.54) is 22.2 Å². The molecule has 0 aliphatic carbocycles. The first-order valence-electron chi connectivity index (χ1n) is 8.62. The maximum atomic E-state index is 12.4. The fourth-order valence-electron chi connectivity index (χ4n) is 2.80. The molecular weight excluding hydrogens is 372 g/mol. The molecule has 2 heterocycles. The molecule has 0 unspecified atom stereocenters. The zero-order valence-electron chi connectivity index (χ0n) is 14.8. The molecule has 1 N–H and O–H groups in total. The summed E-state index contributed by atoms with van der Waals surface area (Å²) in [4.78, 5) is 29.7. The predicted octanol–water partition coefficient (Wildman–Crippen LogP) is 3.03. The molecule has 2 aromatic carbocycles. The summed E-state index contributed by atoms with van der Waals surface area (Å²) in [6.07, 6.45) is 1.39. The molecule has 6 nitrogen and oxygen atoms in total. The summed E-state index contributed by atoms with van der Waals surface area (Å²) in [5, 5.41) is 6.64. The average molecular weight is 388 g/mol. The highest BCUT2D eigenvalue weighted by Gasteiger charge is 2.10. The third-order valence-corrected chi connectivity index (χ3v) is 4.97. The zero-order chi connectivity index (χ0) is 19.3. The fraction of sp³-hybridized carbons (Fsp3) is 0.0476. The van der Waals surface area contributed by atoms with Crippen molar-refractivity contribution in [3.8, 4) is 0 Å². The first-order valence-corrected chi connectivity index (χ1v) is 9.50. The summed E-state index contributed by atoms with van der Waals surface area (Å²) in [7, 11) is 0. The number of nitrogens with one attached hydrogen (secondary N) is 1. The molecular formula is C21H16N4O2S. The van der Waals surface area contributed by atoms with Gasteiger partial charge in [-0.15, -0.1) is 11.3 Å². The second kappa shape index (κ2) is 7.98. The van der Waals surface area contributed by atoms with Crippen LogP contribution < -0.4 is 11.0 Å². The highest BCUT2D eigenvalue weighted by Crippen LogP contribution is 2.13. The number of amides is 1. The van der Waals surface area contributed by atoms with E-state index in [2.05, 4.69) is 15.5 Å². The van der Waals surface area contributed by atoms with E-state index >= 15 is 0 Å². The number of hydrogen-bond donors (Lipinski definition) is 1. The Kier molecular flexibility index (Phi) is 5.07. The maximum Gasteiger partial charge on any atom is 0.262 e. The molecule has 1 amide bonds. The third kappa shape index (κ3) is 3.74. The molecule has 0 aliphatic heterocycles. The second-order valence-electron chi connectivity index (χ2n) is 6.04. The Hall–Kier alpha value is -3.58. The van der Waals surface area contributed by atoms with Gasteiger partial charge in [0.25, 0.3) is 11.5 Å². The molecule has 4 aromatic rings. The van der Waals surface area contributed by atoms with E-state index < -0.39 is 5.91 Å². The minimum atomic E-state index is -0.400. The number of carbonyl (C=O) groups excluding carboxylic acids is 1. The van der Waals surface area contributed by atoms with Crippen molar-refractivity contribution < 1.29 is 4.79 Å². The number of thiophene rings is 1. The van der Waals surface area contributed by atoms with Crippen LogP contribution in [-0.2, 0) is 11.3 Å². The molecule has 28 heavy (non-hydrogen) atoms. The van der Waals surface area contributed by atoms with Crippen LogP contribution >= 0.6 is 11.3 Å². The quantitative estimate of drug-likeness (QED) is 0.422. The monoisotopic (exact) mass is 388 g/mol. The van der Waals surface area contributed by atoms with E-state index in [0.717, 1.165) is 11.1 Å². The van der Waals surface area contributed by atoms with Gasteiger partial charge in [-0.3, -0.25) is 14.2 Å². The van der Waals surface area contributed by atoms with Gasteiger partial charge in [0.2, 0.25) is 0 Å². The summed E-state index contributed by atoms with van der Waals surface area (Å²) in [5.74, 6) is -0.400. The van der Waals surface area contributed by atoms with Crippen LogP contribution in [0.4, 0.5) is 0 Å². The Labute approximate surface area is 164 Å². The minimum absolute atomic E-state index is 0.155. The van der Waals surface area contributed by atoms with Gasteiger partial charge in [0.1, 0.15) is 11.4 Å². The zero-order valence-corrected chi connectivity index (χ0v) is 15.6. The number of aromatic nitrogens is 2. The lowest BCUT2D eigenvalue weighted by molar-refractivity contribution is -0.121. The van der Waals surface area contributed by atoms with Crippen molar-refractivity contribution in [3.05, 3.63) is 99.9 Å². The van der Waals surface area contributed by atoms with Crippen LogP contribution in [0, 0.1) is 0 Å². The van der Waals surface area contributed by atoms with Gasteiger partial charge in [0, 0.05) is 11.1 Å². The summed E-state index contributed by atoms with van der Waals surface area (Å²) in [6.45, 7) is -0.155. The van der Waals surface area contributed by atoms with Gasteiger partial charge in [-0.05, 0) is 11.4 Å². The van der Waals surface area contributed by atoms with Crippen LogP contribution in [0.2, 0.25) is 0 Å². The highest BCUT2D eigenvalue weighted by molar-refractivity contribution is 7.16. The topological polar surface area (TPSA) is 76.3 Å². The van der Waals surface area contributed by atoms with Crippen LogP contribution in [0.3, 0.4) is 0 Å². The van der Waals surface area contributed by atoms with Gasteiger partial charge >= 0.3 is 0 Å². The fourth-order valence-corrected chi connectivity index (χ4v) is 3.53. The Morgan fingerprint density at radius 2 is 1.64 bits per heavy atom. The lowest BCUT2D eigenvalue weighted by Crippen LogP contribution is -2.30. The highest BCUT2D eigenvalue weighted by atomic mass is 32.1. The van der Waals surface area contributed by atoms with Crippen molar-refractivity contribution >= 4 is 33.2 Å². The van der Waals surface area contributed by atoms with Crippen LogP contribution in [0.5, 0.6) is 0 Å². The van der Waals surface area contributed by atoms with Gasteiger partial charge < -0.3 is 0 Å². The SMILES string of the molecule is O=C(Cn1cnc2sccc2c1=O)NN=C(c1ccccc1)c1ccccc1. The summed E-state index contributed by atoms with van der Waals surface area (Å²) < 4.78 is 1.28. The minimum Gasteiger partial charge on any atom is -0.289 e. The summed E-state index contributed by atoms with van der Waals surface area (Å²) in [5.41, 5.74) is 4.73. The van der Waals surface area contributed by atoms with Gasteiger partial charge in [0.05, 0.1) is 17.4 Å². The summed E-state index contributed by atoms with van der Waals surface area (Å²) in [6, 6.07) is 20.9. The second-order valence-corrected chi connectivity index (χ2v) is 6.94. The number of benzene rings is 2. The number of nitrogens with zero attached hydrogens (tertiary/aromatic N) is 3. The van der Waals surface area contributed by atoms with Gasteiger partial charge in [0.15, 0.2) is 0 Å². The number of fused-ring (bicyclic) bond motifs is 1. The van der Waals surface area contributed by atoms with E-state index in [1.807, 2.05) is 60.7 Å². The smallest absolute Gasteiger partial charge is 0.262 e. The van der Waals surface area contributed by atoms with E-state index in [9.17, 15) is 9.59 Å². The molecule has 0 spiro atoms. The lowest BCUT2D eigenvalue weighted by atomic mass is 10.0. The van der Waals surface area contributed by atoms with Crippen molar-refractivity contribution in [2.75, 3.05) is 0 Å². The Morgan fingerprint density at radius 3 is 2.29 bits per heavy atom. The van der Waals surface area contributed by atoms with E-state index in [0.29, 0.717) is 15.9 Å². The van der Waals surface area contributed by atoms with Crippen molar-refractivity contribution in [3.63, 3.8) is 0 Å². The maximum absolute atomic E-state index is 12.4. The van der Waals surface area contributed by atoms with Gasteiger partial charge in [-0.1, -0.05) is 60.7 Å². The Bertz CT molecular complexity index is 1160. The van der Waals surface area contributed by atoms with Crippen LogP contribution in [0.1, 0.15) is 11.1 Å². The van der Waals surface area contributed by atoms with E-state index in [-0.39, 0.29) is 12.1 Å². The van der Waals surface area contributed by atoms with Crippen LogP contribution in [-0.4, -0.2) is 21.2 Å². The van der Waals surface area contributed by atoms with Crippen molar-refractivity contribution in [2.45, 2.75) is 6.54 Å². The Morgan fingerprint density at radius 1 is 1.00 bits per heavy atom. The molecule has 138 valence electrons. The molecule has 0 bridgehead atoms. The molecule has 4 rings (SSSR count). The van der Waals surface area contributed by atoms with Crippen LogP contribution in [0.15, 0.2) is 88.3 Å². The Balaban J connectivity index is 1.58. The van der Waals surface area contributed by atoms with E-state index in [1.54, 1.807) is 11.4 Å². The molecule has 2 aromatic heterocycles. The lowest BCUT2D eigenvalue weighted by Gasteiger charge is -2.08.